The van der Waals surface area contributed by atoms with Crippen molar-refractivity contribution in [2.75, 3.05) is 6.54 Å². The highest BCUT2D eigenvalue weighted by Crippen LogP contribution is 2.04. The lowest BCUT2D eigenvalue weighted by Gasteiger charge is -2.06. The Hall–Kier alpha value is -2.14. The molecule has 2 aromatic rings. The smallest absolute Gasteiger partial charge is 0.248 e. The van der Waals surface area contributed by atoms with Gasteiger partial charge < -0.3 is 15.6 Å². The molecule has 5 heteroatoms. The highest BCUT2D eigenvalue weighted by Gasteiger charge is 2.00. The predicted octanol–water partition coefficient (Wildman–Crippen LogP) is 1.55. The molecule has 0 radical (unpaired) electrons. The van der Waals surface area contributed by atoms with E-state index in [1.807, 2.05) is 30.7 Å². The molecule has 0 saturated carbocycles. The van der Waals surface area contributed by atoms with Crippen molar-refractivity contribution in [2.24, 2.45) is 5.73 Å². The van der Waals surface area contributed by atoms with Crippen LogP contribution in [-0.4, -0.2) is 22.0 Å². The van der Waals surface area contributed by atoms with Crippen LogP contribution in [0.2, 0.25) is 0 Å². The molecule has 1 aromatic heterocycles. The zero-order valence-corrected chi connectivity index (χ0v) is 11.5. The highest BCUT2D eigenvalue weighted by atomic mass is 16.1. The van der Waals surface area contributed by atoms with E-state index in [2.05, 4.69) is 14.9 Å². The second kappa shape index (κ2) is 7.45. The monoisotopic (exact) mass is 272 g/mol. The first-order valence-corrected chi connectivity index (χ1v) is 6.81. The number of benzene rings is 1. The Balaban J connectivity index is 1.63. The van der Waals surface area contributed by atoms with Gasteiger partial charge in [0.05, 0.1) is 6.33 Å². The number of rotatable bonds is 8. The van der Waals surface area contributed by atoms with Gasteiger partial charge >= 0.3 is 0 Å². The number of unbranched alkanes of at least 4 members (excludes halogenated alkanes) is 1. The van der Waals surface area contributed by atoms with Gasteiger partial charge in [0, 0.05) is 31.0 Å². The zero-order valence-electron chi connectivity index (χ0n) is 11.5. The fraction of sp³-hybridized carbons (Fsp3) is 0.333. The standard InChI is InChI=1S/C15H20N4O/c16-15(20)14-5-3-4-13(10-14)11-17-6-1-2-8-19-9-7-18-12-19/h3-5,7,9-10,12,17H,1-2,6,8,11H2,(H2,16,20). The van der Waals surface area contributed by atoms with Crippen LogP contribution in [-0.2, 0) is 13.1 Å². The van der Waals surface area contributed by atoms with Crippen LogP contribution in [0.1, 0.15) is 28.8 Å². The van der Waals surface area contributed by atoms with E-state index in [1.165, 1.54) is 0 Å². The average molecular weight is 272 g/mol. The molecule has 0 atom stereocenters. The van der Waals surface area contributed by atoms with Crippen molar-refractivity contribution in [3.63, 3.8) is 0 Å². The second-order valence-corrected chi connectivity index (χ2v) is 4.75. The number of primary amides is 1. The molecule has 0 unspecified atom stereocenters. The van der Waals surface area contributed by atoms with Crippen molar-refractivity contribution in [1.82, 2.24) is 14.9 Å². The minimum atomic E-state index is -0.382. The molecule has 0 aliphatic carbocycles. The zero-order chi connectivity index (χ0) is 14.2. The van der Waals surface area contributed by atoms with Crippen LogP contribution in [0.4, 0.5) is 0 Å². The number of aryl methyl sites for hydroxylation is 1. The summed E-state index contributed by atoms with van der Waals surface area (Å²) >= 11 is 0. The maximum Gasteiger partial charge on any atom is 0.248 e. The van der Waals surface area contributed by atoms with Crippen molar-refractivity contribution in [1.29, 1.82) is 0 Å². The molecule has 20 heavy (non-hydrogen) atoms. The molecule has 1 amide bonds. The Labute approximate surface area is 118 Å². The van der Waals surface area contributed by atoms with E-state index in [-0.39, 0.29) is 5.91 Å². The lowest BCUT2D eigenvalue weighted by Crippen LogP contribution is -2.16. The molecular weight excluding hydrogens is 252 g/mol. The van der Waals surface area contributed by atoms with Gasteiger partial charge in [-0.05, 0) is 37.1 Å². The van der Waals surface area contributed by atoms with E-state index in [4.69, 9.17) is 5.73 Å². The largest absolute Gasteiger partial charge is 0.366 e. The van der Waals surface area contributed by atoms with Gasteiger partial charge in [0.25, 0.3) is 0 Å². The Morgan fingerprint density at radius 3 is 3.00 bits per heavy atom. The lowest BCUT2D eigenvalue weighted by atomic mass is 10.1. The molecular formula is C15H20N4O. The van der Waals surface area contributed by atoms with Gasteiger partial charge in [-0.3, -0.25) is 4.79 Å². The van der Waals surface area contributed by atoms with E-state index in [9.17, 15) is 4.79 Å². The summed E-state index contributed by atoms with van der Waals surface area (Å²) in [6.45, 7) is 2.71. The van der Waals surface area contributed by atoms with Crippen LogP contribution < -0.4 is 11.1 Å². The molecule has 2 rings (SSSR count). The number of carbonyl (C=O) groups is 1. The summed E-state index contributed by atoms with van der Waals surface area (Å²) in [6.07, 6.45) is 7.83. The maximum absolute atomic E-state index is 11.1. The van der Waals surface area contributed by atoms with Crippen LogP contribution in [0.5, 0.6) is 0 Å². The number of carbonyl (C=O) groups excluding carboxylic acids is 1. The molecule has 106 valence electrons. The van der Waals surface area contributed by atoms with E-state index in [0.29, 0.717) is 5.56 Å². The summed E-state index contributed by atoms with van der Waals surface area (Å²) in [6, 6.07) is 7.42. The summed E-state index contributed by atoms with van der Waals surface area (Å²) in [5.41, 5.74) is 6.90. The molecule has 3 N–H and O–H groups in total. The Morgan fingerprint density at radius 1 is 1.35 bits per heavy atom. The van der Waals surface area contributed by atoms with Crippen LogP contribution in [0, 0.1) is 0 Å². The fourth-order valence-electron chi connectivity index (χ4n) is 2.03. The average Bonchev–Trinajstić information content (AvgIpc) is 2.96. The van der Waals surface area contributed by atoms with Crippen LogP contribution in [0.25, 0.3) is 0 Å². The number of amides is 1. The number of aromatic nitrogens is 2. The minimum Gasteiger partial charge on any atom is -0.366 e. The first-order valence-electron chi connectivity index (χ1n) is 6.81. The fourth-order valence-corrected chi connectivity index (χ4v) is 2.03. The topological polar surface area (TPSA) is 72.9 Å². The van der Waals surface area contributed by atoms with Gasteiger partial charge in [0.15, 0.2) is 0 Å². The number of imidazole rings is 1. The molecule has 1 heterocycles. The van der Waals surface area contributed by atoms with Gasteiger partial charge in [-0.2, -0.15) is 0 Å². The number of nitrogens with two attached hydrogens (primary N) is 1. The quantitative estimate of drug-likeness (QED) is 0.716. The third-order valence-corrected chi connectivity index (χ3v) is 3.12. The molecule has 1 aromatic carbocycles. The third kappa shape index (κ3) is 4.51. The van der Waals surface area contributed by atoms with Crippen molar-refractivity contribution in [3.8, 4) is 0 Å². The Bertz CT molecular complexity index is 537. The lowest BCUT2D eigenvalue weighted by molar-refractivity contribution is 0.1000. The summed E-state index contributed by atoms with van der Waals surface area (Å²) in [4.78, 5) is 15.1. The second-order valence-electron chi connectivity index (χ2n) is 4.75. The van der Waals surface area contributed by atoms with Gasteiger partial charge in [-0.25, -0.2) is 4.98 Å². The van der Waals surface area contributed by atoms with Gasteiger partial charge in [0.1, 0.15) is 0 Å². The van der Waals surface area contributed by atoms with Crippen molar-refractivity contribution in [2.45, 2.75) is 25.9 Å². The van der Waals surface area contributed by atoms with Crippen molar-refractivity contribution < 1.29 is 4.79 Å². The van der Waals surface area contributed by atoms with Crippen LogP contribution in [0.3, 0.4) is 0 Å². The Morgan fingerprint density at radius 2 is 2.25 bits per heavy atom. The summed E-state index contributed by atoms with van der Waals surface area (Å²) < 4.78 is 2.08. The molecule has 0 aliphatic rings. The highest BCUT2D eigenvalue weighted by molar-refractivity contribution is 5.92. The van der Waals surface area contributed by atoms with Gasteiger partial charge in [-0.1, -0.05) is 12.1 Å². The molecule has 0 bridgehead atoms. The van der Waals surface area contributed by atoms with Crippen LogP contribution >= 0.6 is 0 Å². The number of hydrogen-bond donors (Lipinski definition) is 2. The molecule has 0 saturated heterocycles. The summed E-state index contributed by atoms with van der Waals surface area (Å²) in [5, 5.41) is 3.37. The van der Waals surface area contributed by atoms with E-state index >= 15 is 0 Å². The number of nitrogens with zero attached hydrogens (tertiary/aromatic N) is 2. The molecule has 5 nitrogen and oxygen atoms in total. The maximum atomic E-state index is 11.1. The molecule has 0 fully saturated rings. The van der Waals surface area contributed by atoms with Crippen molar-refractivity contribution in [3.05, 3.63) is 54.1 Å². The SMILES string of the molecule is NC(=O)c1cccc(CNCCCCn2ccnc2)c1. The first kappa shape index (κ1) is 14.3. The van der Waals surface area contributed by atoms with Gasteiger partial charge in [-0.15, -0.1) is 0 Å². The minimum absolute atomic E-state index is 0.382. The first-order chi connectivity index (χ1) is 9.75. The van der Waals surface area contributed by atoms with E-state index in [0.717, 1.165) is 38.0 Å². The normalized spacial score (nSPS) is 10.6. The number of nitrogens with one attached hydrogen (secondary N) is 1. The summed E-state index contributed by atoms with van der Waals surface area (Å²) in [5.74, 6) is -0.382. The van der Waals surface area contributed by atoms with E-state index in [1.54, 1.807) is 12.3 Å². The van der Waals surface area contributed by atoms with Gasteiger partial charge in [0.2, 0.25) is 5.91 Å². The molecule has 0 aliphatic heterocycles. The van der Waals surface area contributed by atoms with Crippen LogP contribution in [0.15, 0.2) is 43.0 Å². The number of hydrogen-bond acceptors (Lipinski definition) is 3. The predicted molar refractivity (Wildman–Crippen MR) is 78.1 cm³/mol. The third-order valence-electron chi connectivity index (χ3n) is 3.12. The summed E-state index contributed by atoms with van der Waals surface area (Å²) in [7, 11) is 0. The van der Waals surface area contributed by atoms with Crippen molar-refractivity contribution >= 4 is 5.91 Å². The molecule has 0 spiro atoms. The van der Waals surface area contributed by atoms with E-state index < -0.39 is 0 Å². The Kier molecular flexibility index (Phi) is 5.32.